The Labute approximate surface area is 190 Å². The number of thiazole rings is 2. The first-order valence-electron chi connectivity index (χ1n) is 10.8. The first-order chi connectivity index (χ1) is 15.1. The summed E-state index contributed by atoms with van der Waals surface area (Å²) in [6.07, 6.45) is 2.12. The fraction of sp³-hybridized carbons (Fsp3) is 0.375. The van der Waals surface area contributed by atoms with E-state index in [1.54, 1.807) is 11.3 Å². The number of para-hydroxylation sites is 2. The van der Waals surface area contributed by atoms with Crippen molar-refractivity contribution in [3.05, 3.63) is 58.5 Å². The molecule has 7 heteroatoms. The van der Waals surface area contributed by atoms with Gasteiger partial charge in [0, 0.05) is 13.0 Å². The minimum Gasteiger partial charge on any atom is -0.335 e. The van der Waals surface area contributed by atoms with Crippen LogP contribution in [0.15, 0.2) is 48.5 Å². The molecule has 2 aromatic carbocycles. The second-order valence-corrected chi connectivity index (χ2v) is 10.4. The molecular weight excluding hydrogens is 424 g/mol. The molecule has 1 atom stereocenters. The van der Waals surface area contributed by atoms with Crippen molar-refractivity contribution >= 4 is 49.0 Å². The molecule has 0 radical (unpaired) electrons. The lowest BCUT2D eigenvalue weighted by molar-refractivity contribution is -0.133. The quantitative estimate of drug-likeness (QED) is 0.414. The third kappa shape index (κ3) is 4.22. The van der Waals surface area contributed by atoms with Gasteiger partial charge in [-0.2, -0.15) is 0 Å². The first kappa shape index (κ1) is 20.5. The largest absolute Gasteiger partial charge is 0.335 e. The molecule has 5 rings (SSSR count). The number of hydrogen-bond acceptors (Lipinski definition) is 6. The van der Waals surface area contributed by atoms with Crippen molar-refractivity contribution in [1.29, 1.82) is 0 Å². The van der Waals surface area contributed by atoms with E-state index in [1.807, 2.05) is 47.5 Å². The molecule has 2 aromatic heterocycles. The maximum atomic E-state index is 13.0. The van der Waals surface area contributed by atoms with Crippen molar-refractivity contribution < 1.29 is 4.79 Å². The van der Waals surface area contributed by atoms with E-state index in [0.29, 0.717) is 12.5 Å². The Morgan fingerprint density at radius 2 is 1.65 bits per heavy atom. The van der Waals surface area contributed by atoms with Gasteiger partial charge in [0.15, 0.2) is 0 Å². The van der Waals surface area contributed by atoms with Gasteiger partial charge in [-0.3, -0.25) is 9.69 Å². The van der Waals surface area contributed by atoms with Crippen LogP contribution in [0.2, 0.25) is 0 Å². The van der Waals surface area contributed by atoms with Gasteiger partial charge in [0.25, 0.3) is 0 Å². The number of likely N-dealkylation sites (tertiary alicyclic amines) is 1. The Bertz CT molecular complexity index is 1140. The van der Waals surface area contributed by atoms with Crippen molar-refractivity contribution in [2.45, 2.75) is 31.7 Å². The third-order valence-corrected chi connectivity index (χ3v) is 8.65. The van der Waals surface area contributed by atoms with Crippen molar-refractivity contribution in [3.63, 3.8) is 0 Å². The predicted molar refractivity (Wildman–Crippen MR) is 129 cm³/mol. The number of fused-ring (bicyclic) bond motifs is 2. The molecule has 160 valence electrons. The summed E-state index contributed by atoms with van der Waals surface area (Å²) >= 11 is 3.49. The van der Waals surface area contributed by atoms with Crippen LogP contribution < -0.4 is 0 Å². The highest BCUT2D eigenvalue weighted by Crippen LogP contribution is 2.34. The molecule has 1 amide bonds. The number of aromatic nitrogens is 2. The van der Waals surface area contributed by atoms with E-state index in [9.17, 15) is 4.79 Å². The number of nitrogens with zero attached hydrogens (tertiary/aromatic N) is 4. The molecule has 3 heterocycles. The standard InChI is InChI=1S/C24H26N4OS2/c1-16(23-25-18-7-3-5-9-20(18)30-23)27(2)22(29)15-28-13-11-17(12-14-28)24-26-19-8-4-6-10-21(19)31-24/h3-10,16-17H,11-15H2,1-2H3/t16-/m1/s1. The Morgan fingerprint density at radius 3 is 2.29 bits per heavy atom. The Kier molecular flexibility index (Phi) is 5.73. The minimum atomic E-state index is -0.0230. The summed E-state index contributed by atoms with van der Waals surface area (Å²) in [6.45, 7) is 4.42. The van der Waals surface area contributed by atoms with Gasteiger partial charge in [0.05, 0.1) is 38.0 Å². The highest BCUT2D eigenvalue weighted by Gasteiger charge is 2.27. The summed E-state index contributed by atoms with van der Waals surface area (Å²) < 4.78 is 2.43. The van der Waals surface area contributed by atoms with Gasteiger partial charge in [-0.25, -0.2) is 9.97 Å². The van der Waals surface area contributed by atoms with Crippen LogP contribution >= 0.6 is 22.7 Å². The lowest BCUT2D eigenvalue weighted by Crippen LogP contribution is -2.42. The number of carbonyl (C=O) groups excluding carboxylic acids is 1. The van der Waals surface area contributed by atoms with Crippen molar-refractivity contribution in [3.8, 4) is 0 Å². The molecule has 0 N–H and O–H groups in total. The highest BCUT2D eigenvalue weighted by atomic mass is 32.1. The number of rotatable bonds is 5. The monoisotopic (exact) mass is 450 g/mol. The van der Waals surface area contributed by atoms with Crippen LogP contribution in [-0.2, 0) is 4.79 Å². The van der Waals surface area contributed by atoms with Crippen LogP contribution in [0.5, 0.6) is 0 Å². The Hall–Kier alpha value is -2.35. The van der Waals surface area contributed by atoms with E-state index in [-0.39, 0.29) is 11.9 Å². The smallest absolute Gasteiger partial charge is 0.237 e. The zero-order valence-electron chi connectivity index (χ0n) is 17.8. The number of benzene rings is 2. The van der Waals surface area contributed by atoms with Crippen molar-refractivity contribution in [2.75, 3.05) is 26.7 Å². The van der Waals surface area contributed by atoms with Crippen molar-refractivity contribution in [2.24, 2.45) is 0 Å². The molecule has 1 aliphatic rings. The fourth-order valence-electron chi connectivity index (χ4n) is 4.16. The summed E-state index contributed by atoms with van der Waals surface area (Å²) in [5, 5.41) is 2.24. The molecule has 1 saturated heterocycles. The lowest BCUT2D eigenvalue weighted by atomic mass is 9.97. The van der Waals surface area contributed by atoms with Gasteiger partial charge < -0.3 is 4.90 Å². The zero-order chi connectivity index (χ0) is 21.4. The molecule has 4 aromatic rings. The van der Waals surface area contributed by atoms with Gasteiger partial charge in [-0.15, -0.1) is 22.7 Å². The summed E-state index contributed by atoms with van der Waals surface area (Å²) in [5.41, 5.74) is 2.11. The van der Waals surface area contributed by atoms with Crippen LogP contribution in [0, 0.1) is 0 Å². The van der Waals surface area contributed by atoms with E-state index in [4.69, 9.17) is 9.97 Å². The van der Waals surface area contributed by atoms with Crippen LogP contribution in [0.4, 0.5) is 0 Å². The van der Waals surface area contributed by atoms with Crippen molar-refractivity contribution in [1.82, 2.24) is 19.8 Å². The molecule has 1 fully saturated rings. The normalized spacial score (nSPS) is 16.7. The molecule has 1 aliphatic heterocycles. The zero-order valence-corrected chi connectivity index (χ0v) is 19.5. The molecule has 0 unspecified atom stereocenters. The molecule has 0 saturated carbocycles. The fourth-order valence-corrected chi connectivity index (χ4v) is 6.36. The molecular formula is C24H26N4OS2. The maximum Gasteiger partial charge on any atom is 0.237 e. The average Bonchev–Trinajstić information content (AvgIpc) is 3.42. The van der Waals surface area contributed by atoms with Crippen LogP contribution in [-0.4, -0.2) is 52.4 Å². The van der Waals surface area contributed by atoms with E-state index in [2.05, 4.69) is 36.1 Å². The number of likely N-dealkylation sites (N-methyl/N-ethyl adjacent to an activating group) is 1. The van der Waals surface area contributed by atoms with Gasteiger partial charge in [-0.1, -0.05) is 24.3 Å². The lowest BCUT2D eigenvalue weighted by Gasteiger charge is -2.32. The Morgan fingerprint density at radius 1 is 1.03 bits per heavy atom. The third-order valence-electron chi connectivity index (χ3n) is 6.25. The van der Waals surface area contributed by atoms with E-state index in [0.717, 1.165) is 42.0 Å². The second kappa shape index (κ2) is 8.65. The van der Waals surface area contributed by atoms with Crippen LogP contribution in [0.25, 0.3) is 20.4 Å². The number of piperidine rings is 1. The number of amides is 1. The number of hydrogen-bond donors (Lipinski definition) is 0. The predicted octanol–water partition coefficient (Wildman–Crippen LogP) is 5.31. The van der Waals surface area contributed by atoms with Crippen LogP contribution in [0.1, 0.15) is 41.7 Å². The minimum absolute atomic E-state index is 0.0230. The molecule has 5 nitrogen and oxygen atoms in total. The summed E-state index contributed by atoms with van der Waals surface area (Å²) in [7, 11) is 1.90. The molecule has 0 aliphatic carbocycles. The second-order valence-electron chi connectivity index (χ2n) is 8.27. The highest BCUT2D eigenvalue weighted by molar-refractivity contribution is 7.19. The van der Waals surface area contributed by atoms with E-state index in [1.165, 1.54) is 14.4 Å². The maximum absolute atomic E-state index is 13.0. The van der Waals surface area contributed by atoms with E-state index >= 15 is 0 Å². The molecule has 31 heavy (non-hydrogen) atoms. The Balaban J connectivity index is 1.18. The molecule has 0 bridgehead atoms. The van der Waals surface area contributed by atoms with E-state index < -0.39 is 0 Å². The summed E-state index contributed by atoms with van der Waals surface area (Å²) in [4.78, 5) is 26.7. The summed E-state index contributed by atoms with van der Waals surface area (Å²) in [5.74, 6) is 0.661. The van der Waals surface area contributed by atoms with Gasteiger partial charge >= 0.3 is 0 Å². The molecule has 0 spiro atoms. The summed E-state index contributed by atoms with van der Waals surface area (Å²) in [6, 6.07) is 16.5. The average molecular weight is 451 g/mol. The van der Waals surface area contributed by atoms with Crippen LogP contribution in [0.3, 0.4) is 0 Å². The van der Waals surface area contributed by atoms with Gasteiger partial charge in [-0.05, 0) is 57.1 Å². The van der Waals surface area contributed by atoms with Gasteiger partial charge in [0.2, 0.25) is 5.91 Å². The van der Waals surface area contributed by atoms with Gasteiger partial charge in [0.1, 0.15) is 5.01 Å². The number of carbonyl (C=O) groups is 1. The first-order valence-corrected chi connectivity index (χ1v) is 12.4. The topological polar surface area (TPSA) is 49.3 Å². The SMILES string of the molecule is C[C@H](c1nc2ccccc2s1)N(C)C(=O)CN1CCC(c2nc3ccccc3s2)CC1.